The molecule has 0 aliphatic heterocycles. The number of aromatic nitrogens is 1. The zero-order valence-corrected chi connectivity index (χ0v) is 8.60. The first-order valence-electron chi connectivity index (χ1n) is 4.98. The van der Waals surface area contributed by atoms with Crippen molar-refractivity contribution in [2.45, 2.75) is 20.0 Å². The first-order chi connectivity index (χ1) is 7.36. The van der Waals surface area contributed by atoms with E-state index in [9.17, 15) is 5.11 Å². The van der Waals surface area contributed by atoms with Crippen LogP contribution in [0.25, 0.3) is 11.3 Å². The Morgan fingerprint density at radius 2 is 2.13 bits per heavy atom. The Morgan fingerprint density at radius 1 is 1.33 bits per heavy atom. The summed E-state index contributed by atoms with van der Waals surface area (Å²) >= 11 is 0. The molecule has 0 saturated heterocycles. The lowest BCUT2D eigenvalue weighted by Gasteiger charge is -2.04. The second kappa shape index (κ2) is 4.28. The van der Waals surface area contributed by atoms with E-state index in [0.717, 1.165) is 29.0 Å². The fourth-order valence-electron chi connectivity index (χ4n) is 1.63. The molecule has 3 nitrogen and oxygen atoms in total. The molecule has 0 bridgehead atoms. The molecule has 15 heavy (non-hydrogen) atoms. The van der Waals surface area contributed by atoms with Gasteiger partial charge in [0.05, 0.1) is 6.61 Å². The van der Waals surface area contributed by atoms with E-state index in [0.29, 0.717) is 0 Å². The molecular weight excluding hydrogens is 190 g/mol. The number of aryl methyl sites for hydroxylation is 1. The highest BCUT2D eigenvalue weighted by Gasteiger charge is 2.11. The third-order valence-corrected chi connectivity index (χ3v) is 2.40. The predicted molar refractivity (Wildman–Crippen MR) is 57.2 cm³/mol. The van der Waals surface area contributed by atoms with Gasteiger partial charge in [0.15, 0.2) is 6.39 Å². The van der Waals surface area contributed by atoms with E-state index < -0.39 is 0 Å². The van der Waals surface area contributed by atoms with Gasteiger partial charge in [-0.25, -0.2) is 4.98 Å². The fourth-order valence-corrected chi connectivity index (χ4v) is 1.63. The van der Waals surface area contributed by atoms with Crippen molar-refractivity contribution in [2.24, 2.45) is 0 Å². The van der Waals surface area contributed by atoms with Gasteiger partial charge >= 0.3 is 0 Å². The summed E-state index contributed by atoms with van der Waals surface area (Å²) in [7, 11) is 0. The quantitative estimate of drug-likeness (QED) is 0.833. The molecule has 1 N–H and O–H groups in total. The van der Waals surface area contributed by atoms with Gasteiger partial charge in [0.2, 0.25) is 0 Å². The first kappa shape index (κ1) is 9.93. The number of rotatable bonds is 3. The average Bonchev–Trinajstić information content (AvgIpc) is 2.76. The van der Waals surface area contributed by atoms with Gasteiger partial charge in [0, 0.05) is 12.0 Å². The molecular formula is C12H13NO2. The smallest absolute Gasteiger partial charge is 0.181 e. The minimum absolute atomic E-state index is 0.0200. The average molecular weight is 203 g/mol. The van der Waals surface area contributed by atoms with Gasteiger partial charge in [-0.05, 0) is 5.56 Å². The second-order valence-corrected chi connectivity index (χ2v) is 3.29. The molecule has 0 aliphatic rings. The molecule has 0 fully saturated rings. The summed E-state index contributed by atoms with van der Waals surface area (Å²) in [6.45, 7) is 2.04. The summed E-state index contributed by atoms with van der Waals surface area (Å²) in [5.74, 6) is 0.857. The van der Waals surface area contributed by atoms with Gasteiger partial charge in [-0.3, -0.25) is 0 Å². The fraction of sp³-hybridized carbons (Fsp3) is 0.250. The summed E-state index contributed by atoms with van der Waals surface area (Å²) in [5, 5.41) is 9.22. The molecule has 1 aromatic heterocycles. The third kappa shape index (κ3) is 1.78. The molecule has 3 heteroatoms. The maximum Gasteiger partial charge on any atom is 0.181 e. The first-order valence-corrected chi connectivity index (χ1v) is 4.98. The summed E-state index contributed by atoms with van der Waals surface area (Å²) in [6, 6.07) is 7.68. The highest BCUT2D eigenvalue weighted by atomic mass is 16.3. The monoisotopic (exact) mass is 203 g/mol. The van der Waals surface area contributed by atoms with Gasteiger partial charge in [-0.1, -0.05) is 31.2 Å². The molecule has 0 saturated carbocycles. The van der Waals surface area contributed by atoms with Crippen LogP contribution in [-0.4, -0.2) is 10.1 Å². The van der Waals surface area contributed by atoms with Crippen molar-refractivity contribution < 1.29 is 9.52 Å². The zero-order chi connectivity index (χ0) is 10.7. The standard InChI is InChI=1S/C12H13NO2/c1-2-11-12(13-8-15-11)10-6-4-3-5-9(10)7-14/h3-6,8,14H,2,7H2,1H3. The van der Waals surface area contributed by atoms with Crippen molar-refractivity contribution in [1.82, 2.24) is 4.98 Å². The lowest BCUT2D eigenvalue weighted by Crippen LogP contribution is -1.91. The molecule has 0 aliphatic carbocycles. The van der Waals surface area contributed by atoms with Crippen LogP contribution in [-0.2, 0) is 13.0 Å². The summed E-state index contributed by atoms with van der Waals surface area (Å²) in [6.07, 6.45) is 2.25. The Hall–Kier alpha value is -1.61. The van der Waals surface area contributed by atoms with Crippen molar-refractivity contribution in [3.63, 3.8) is 0 Å². The van der Waals surface area contributed by atoms with E-state index >= 15 is 0 Å². The van der Waals surface area contributed by atoms with E-state index in [-0.39, 0.29) is 6.61 Å². The van der Waals surface area contributed by atoms with Crippen LogP contribution in [0.3, 0.4) is 0 Å². The molecule has 0 atom stereocenters. The van der Waals surface area contributed by atoms with Crippen molar-refractivity contribution in [3.8, 4) is 11.3 Å². The number of aliphatic hydroxyl groups is 1. The van der Waals surface area contributed by atoms with Gasteiger partial charge in [0.1, 0.15) is 11.5 Å². The van der Waals surface area contributed by atoms with Crippen molar-refractivity contribution in [2.75, 3.05) is 0 Å². The Balaban J connectivity index is 2.53. The van der Waals surface area contributed by atoms with Crippen LogP contribution in [0.4, 0.5) is 0 Å². The lowest BCUT2D eigenvalue weighted by atomic mass is 10.0. The maximum absolute atomic E-state index is 9.22. The number of aliphatic hydroxyl groups excluding tert-OH is 1. The molecule has 0 spiro atoms. The van der Waals surface area contributed by atoms with E-state index in [4.69, 9.17) is 4.42 Å². The Morgan fingerprint density at radius 3 is 2.87 bits per heavy atom. The molecule has 2 aromatic rings. The van der Waals surface area contributed by atoms with E-state index in [1.807, 2.05) is 31.2 Å². The zero-order valence-electron chi connectivity index (χ0n) is 8.60. The van der Waals surface area contributed by atoms with Gasteiger partial charge < -0.3 is 9.52 Å². The van der Waals surface area contributed by atoms with Gasteiger partial charge in [-0.2, -0.15) is 0 Å². The van der Waals surface area contributed by atoms with Crippen LogP contribution in [0.2, 0.25) is 0 Å². The van der Waals surface area contributed by atoms with Crippen LogP contribution in [0.1, 0.15) is 18.2 Å². The number of benzene rings is 1. The summed E-state index contributed by atoms with van der Waals surface area (Å²) in [4.78, 5) is 4.19. The van der Waals surface area contributed by atoms with Crippen LogP contribution in [0.15, 0.2) is 35.1 Å². The van der Waals surface area contributed by atoms with E-state index in [1.54, 1.807) is 0 Å². The molecule has 2 rings (SSSR count). The molecule has 1 aromatic carbocycles. The van der Waals surface area contributed by atoms with Crippen molar-refractivity contribution >= 4 is 0 Å². The Bertz CT molecular complexity index is 448. The summed E-state index contributed by atoms with van der Waals surface area (Å²) in [5.41, 5.74) is 2.66. The van der Waals surface area contributed by atoms with Gasteiger partial charge in [0.25, 0.3) is 0 Å². The molecule has 0 amide bonds. The maximum atomic E-state index is 9.22. The second-order valence-electron chi connectivity index (χ2n) is 3.29. The Labute approximate surface area is 88.4 Å². The SMILES string of the molecule is CCc1ocnc1-c1ccccc1CO. The van der Waals surface area contributed by atoms with Crippen molar-refractivity contribution in [3.05, 3.63) is 42.0 Å². The molecule has 0 radical (unpaired) electrons. The van der Waals surface area contributed by atoms with Crippen LogP contribution >= 0.6 is 0 Å². The van der Waals surface area contributed by atoms with Crippen LogP contribution in [0.5, 0.6) is 0 Å². The molecule has 0 unspecified atom stereocenters. The molecule has 1 heterocycles. The largest absolute Gasteiger partial charge is 0.448 e. The highest BCUT2D eigenvalue weighted by molar-refractivity contribution is 5.65. The van der Waals surface area contributed by atoms with Crippen molar-refractivity contribution in [1.29, 1.82) is 0 Å². The molecule has 78 valence electrons. The lowest BCUT2D eigenvalue weighted by molar-refractivity contribution is 0.282. The number of oxazole rings is 1. The third-order valence-electron chi connectivity index (χ3n) is 2.40. The van der Waals surface area contributed by atoms with E-state index in [2.05, 4.69) is 4.98 Å². The topological polar surface area (TPSA) is 46.3 Å². The summed E-state index contributed by atoms with van der Waals surface area (Å²) < 4.78 is 5.27. The normalized spacial score (nSPS) is 10.5. The number of hydrogen-bond donors (Lipinski definition) is 1. The van der Waals surface area contributed by atoms with E-state index in [1.165, 1.54) is 6.39 Å². The minimum Gasteiger partial charge on any atom is -0.448 e. The minimum atomic E-state index is 0.0200. The highest BCUT2D eigenvalue weighted by Crippen LogP contribution is 2.25. The van der Waals surface area contributed by atoms with Crippen LogP contribution in [0, 0.1) is 0 Å². The predicted octanol–water partition coefficient (Wildman–Crippen LogP) is 2.40. The van der Waals surface area contributed by atoms with Gasteiger partial charge in [-0.15, -0.1) is 0 Å². The number of hydrogen-bond acceptors (Lipinski definition) is 3. The Kier molecular flexibility index (Phi) is 2.83. The number of nitrogens with zero attached hydrogens (tertiary/aromatic N) is 1. The van der Waals surface area contributed by atoms with Crippen LogP contribution < -0.4 is 0 Å².